The number of carbonyl (C=O) groups is 1. The lowest BCUT2D eigenvalue weighted by Gasteiger charge is -2.08. The summed E-state index contributed by atoms with van der Waals surface area (Å²) in [6, 6.07) is 2.95. The second-order valence-corrected chi connectivity index (χ2v) is 3.52. The van der Waals surface area contributed by atoms with Crippen LogP contribution in [0.1, 0.15) is 0 Å². The lowest BCUT2D eigenvalue weighted by molar-refractivity contribution is 0.269. The second-order valence-electron chi connectivity index (χ2n) is 2.37. The van der Waals surface area contributed by atoms with Crippen LogP contribution < -0.4 is 10.1 Å². The highest BCUT2D eigenvalue weighted by atomic mass is 35.5. The fourth-order valence-electron chi connectivity index (χ4n) is 0.887. The van der Waals surface area contributed by atoms with Crippen molar-refractivity contribution < 1.29 is 9.53 Å². The minimum atomic E-state index is -0.726. The van der Waals surface area contributed by atoms with Crippen LogP contribution in [-0.4, -0.2) is 12.5 Å². The van der Waals surface area contributed by atoms with Gasteiger partial charge in [0, 0.05) is 6.07 Å². The summed E-state index contributed by atoms with van der Waals surface area (Å²) in [6.45, 7) is 0. The van der Waals surface area contributed by atoms with Crippen LogP contribution in [0.4, 0.5) is 10.5 Å². The van der Waals surface area contributed by atoms with Crippen molar-refractivity contribution in [2.24, 2.45) is 0 Å². The van der Waals surface area contributed by atoms with Crippen LogP contribution >= 0.6 is 34.8 Å². The first-order chi connectivity index (χ1) is 6.54. The van der Waals surface area contributed by atoms with Gasteiger partial charge >= 0.3 is 5.37 Å². The first-order valence-electron chi connectivity index (χ1n) is 3.54. The minimum Gasteiger partial charge on any atom is -0.495 e. The monoisotopic (exact) mass is 253 g/mol. The summed E-state index contributed by atoms with van der Waals surface area (Å²) in [5, 5.41) is 2.27. The second kappa shape index (κ2) is 4.73. The van der Waals surface area contributed by atoms with Crippen LogP contribution in [0.5, 0.6) is 5.75 Å². The molecule has 1 amide bonds. The molecule has 0 bridgehead atoms. The van der Waals surface area contributed by atoms with E-state index in [-0.39, 0.29) is 0 Å². The van der Waals surface area contributed by atoms with E-state index in [9.17, 15) is 4.79 Å². The summed E-state index contributed by atoms with van der Waals surface area (Å²) in [5.74, 6) is 0.413. The van der Waals surface area contributed by atoms with Crippen LogP contribution in [0.15, 0.2) is 12.1 Å². The number of halogens is 3. The SMILES string of the molecule is COc1cc(NC(=O)Cl)c(Cl)cc1Cl. The van der Waals surface area contributed by atoms with Crippen LogP contribution in [-0.2, 0) is 0 Å². The number of methoxy groups -OCH3 is 1. The molecule has 1 N–H and O–H groups in total. The number of ether oxygens (including phenoxy) is 1. The predicted octanol–water partition coefficient (Wildman–Crippen LogP) is 3.77. The number of hydrogen-bond donors (Lipinski definition) is 1. The van der Waals surface area contributed by atoms with Crippen molar-refractivity contribution in [3.63, 3.8) is 0 Å². The Morgan fingerprint density at radius 3 is 2.50 bits per heavy atom. The normalized spacial score (nSPS) is 9.71. The van der Waals surface area contributed by atoms with E-state index in [1.54, 1.807) is 0 Å². The molecule has 0 saturated carbocycles. The molecule has 0 fully saturated rings. The Morgan fingerprint density at radius 1 is 1.36 bits per heavy atom. The third-order valence-electron chi connectivity index (χ3n) is 1.47. The molecule has 0 aliphatic heterocycles. The van der Waals surface area contributed by atoms with Crippen LogP contribution in [0, 0.1) is 0 Å². The molecule has 0 spiro atoms. The van der Waals surface area contributed by atoms with Gasteiger partial charge in [-0.15, -0.1) is 0 Å². The molecule has 0 heterocycles. The Labute approximate surface area is 95.9 Å². The highest BCUT2D eigenvalue weighted by Gasteiger charge is 2.08. The van der Waals surface area contributed by atoms with Gasteiger partial charge in [-0.1, -0.05) is 23.2 Å². The van der Waals surface area contributed by atoms with Gasteiger partial charge in [0.05, 0.1) is 22.8 Å². The maximum Gasteiger partial charge on any atom is 0.318 e. The van der Waals surface area contributed by atoms with Gasteiger partial charge in [-0.3, -0.25) is 4.79 Å². The highest BCUT2D eigenvalue weighted by Crippen LogP contribution is 2.34. The number of hydrogen-bond acceptors (Lipinski definition) is 2. The van der Waals surface area contributed by atoms with E-state index < -0.39 is 5.37 Å². The van der Waals surface area contributed by atoms with Gasteiger partial charge < -0.3 is 10.1 Å². The highest BCUT2D eigenvalue weighted by molar-refractivity contribution is 6.66. The molecule has 6 heteroatoms. The summed E-state index contributed by atoms with van der Waals surface area (Å²) in [6.07, 6.45) is 0. The number of amides is 1. The average molecular weight is 254 g/mol. The van der Waals surface area contributed by atoms with Crippen LogP contribution in [0.25, 0.3) is 0 Å². The quantitative estimate of drug-likeness (QED) is 0.644. The Kier molecular flexibility index (Phi) is 3.86. The smallest absolute Gasteiger partial charge is 0.318 e. The maximum atomic E-state index is 10.6. The molecule has 0 unspecified atom stereocenters. The van der Waals surface area contributed by atoms with Gasteiger partial charge in [0.15, 0.2) is 0 Å². The van der Waals surface area contributed by atoms with Crippen molar-refractivity contribution in [3.05, 3.63) is 22.2 Å². The maximum absolute atomic E-state index is 10.6. The first-order valence-corrected chi connectivity index (χ1v) is 4.67. The fraction of sp³-hybridized carbons (Fsp3) is 0.125. The van der Waals surface area contributed by atoms with Crippen LogP contribution in [0.3, 0.4) is 0 Å². The summed E-state index contributed by atoms with van der Waals surface area (Å²) in [7, 11) is 1.46. The van der Waals surface area contributed by atoms with Crippen molar-refractivity contribution in [1.29, 1.82) is 0 Å². The van der Waals surface area contributed by atoms with E-state index in [2.05, 4.69) is 5.32 Å². The van der Waals surface area contributed by atoms with Gasteiger partial charge in [0.1, 0.15) is 5.75 Å². The number of rotatable bonds is 2. The molecule has 0 aliphatic rings. The fourth-order valence-corrected chi connectivity index (χ4v) is 1.50. The van der Waals surface area contributed by atoms with Crippen molar-refractivity contribution in [1.82, 2.24) is 0 Å². The number of carbonyl (C=O) groups excluding carboxylic acids is 1. The van der Waals surface area contributed by atoms with Crippen LogP contribution in [0.2, 0.25) is 10.0 Å². The van der Waals surface area contributed by atoms with E-state index in [1.165, 1.54) is 19.2 Å². The molecule has 0 aliphatic carbocycles. The molecule has 76 valence electrons. The van der Waals surface area contributed by atoms with Gasteiger partial charge in [-0.2, -0.15) is 0 Å². The minimum absolute atomic E-state index is 0.296. The van der Waals surface area contributed by atoms with E-state index in [1.807, 2.05) is 0 Å². The van der Waals surface area contributed by atoms with E-state index in [0.717, 1.165) is 0 Å². The van der Waals surface area contributed by atoms with E-state index >= 15 is 0 Å². The largest absolute Gasteiger partial charge is 0.495 e. The lowest BCUT2D eigenvalue weighted by atomic mass is 10.3. The zero-order valence-corrected chi connectivity index (χ0v) is 9.37. The molecular weight excluding hydrogens is 248 g/mol. The molecule has 0 saturated heterocycles. The van der Waals surface area contributed by atoms with Gasteiger partial charge in [0.2, 0.25) is 0 Å². The standard InChI is InChI=1S/C8H6Cl3NO2/c1-14-7-3-6(12-8(11)13)4(9)2-5(7)10/h2-3H,1H3,(H,12,13). The first kappa shape index (κ1) is 11.4. The Morgan fingerprint density at radius 2 is 2.00 bits per heavy atom. The molecule has 1 rings (SSSR count). The topological polar surface area (TPSA) is 38.3 Å². The average Bonchev–Trinajstić information content (AvgIpc) is 2.09. The van der Waals surface area contributed by atoms with Gasteiger partial charge in [-0.05, 0) is 17.7 Å². The van der Waals surface area contributed by atoms with Crippen molar-refractivity contribution in [2.75, 3.05) is 12.4 Å². The van der Waals surface area contributed by atoms with Crippen molar-refractivity contribution in [2.45, 2.75) is 0 Å². The number of anilines is 1. The molecule has 1 aromatic rings. The van der Waals surface area contributed by atoms with Gasteiger partial charge in [0.25, 0.3) is 0 Å². The summed E-state index contributed by atoms with van der Waals surface area (Å²) in [5.41, 5.74) is 0.355. The predicted molar refractivity (Wildman–Crippen MR) is 57.9 cm³/mol. The third-order valence-corrected chi connectivity index (χ3v) is 2.18. The number of benzene rings is 1. The molecule has 1 aromatic carbocycles. The van der Waals surface area contributed by atoms with E-state index in [0.29, 0.717) is 21.5 Å². The molecule has 0 atom stereocenters. The Bertz CT molecular complexity index is 368. The molecule has 0 aromatic heterocycles. The summed E-state index contributed by atoms with van der Waals surface area (Å²) < 4.78 is 4.94. The van der Waals surface area contributed by atoms with E-state index in [4.69, 9.17) is 39.5 Å². The zero-order chi connectivity index (χ0) is 10.7. The molecule has 14 heavy (non-hydrogen) atoms. The molecule has 0 radical (unpaired) electrons. The molecule has 3 nitrogen and oxygen atoms in total. The van der Waals surface area contributed by atoms with Gasteiger partial charge in [-0.25, -0.2) is 0 Å². The Hall–Kier alpha value is -0.640. The number of nitrogens with one attached hydrogen (secondary N) is 1. The summed E-state index contributed by atoms with van der Waals surface area (Å²) in [4.78, 5) is 10.6. The van der Waals surface area contributed by atoms with Crippen molar-refractivity contribution >= 4 is 45.9 Å². The van der Waals surface area contributed by atoms with Crippen molar-refractivity contribution in [3.8, 4) is 5.75 Å². The lowest BCUT2D eigenvalue weighted by Crippen LogP contribution is -2.02. The summed E-state index contributed by atoms with van der Waals surface area (Å²) >= 11 is 16.7. The molecular formula is C8H6Cl3NO2. The zero-order valence-electron chi connectivity index (χ0n) is 7.11. The Balaban J connectivity index is 3.10. The third kappa shape index (κ3) is 2.67.